The highest BCUT2D eigenvalue weighted by molar-refractivity contribution is 9.11. The highest BCUT2D eigenvalue weighted by atomic mass is 79.9. The third-order valence-electron chi connectivity index (χ3n) is 10.1. The first-order valence-electron chi connectivity index (χ1n) is 17.0. The van der Waals surface area contributed by atoms with Gasteiger partial charge in [-0.25, -0.2) is 0 Å². The molecule has 0 aromatic heterocycles. The van der Waals surface area contributed by atoms with E-state index in [1.165, 1.54) is 4.90 Å². The molecule has 0 aliphatic carbocycles. The number of halogens is 2. The summed E-state index contributed by atoms with van der Waals surface area (Å²) in [6, 6.07) is 22.6. The van der Waals surface area contributed by atoms with E-state index in [2.05, 4.69) is 21.2 Å². The van der Waals surface area contributed by atoms with Crippen molar-refractivity contribution < 1.29 is 33.8 Å². The molecule has 264 valence electrons. The summed E-state index contributed by atoms with van der Waals surface area (Å²) in [4.78, 5) is 60.4. The van der Waals surface area contributed by atoms with Gasteiger partial charge in [0.2, 0.25) is 11.8 Å². The van der Waals surface area contributed by atoms with Crippen molar-refractivity contribution in [1.82, 2.24) is 10.2 Å². The quantitative estimate of drug-likeness (QED) is 0.270. The molecule has 1 spiro atoms. The summed E-state index contributed by atoms with van der Waals surface area (Å²) in [5.41, 5.74) is 0.589. The number of anilines is 1. The van der Waals surface area contributed by atoms with Crippen LogP contribution in [0.4, 0.5) is 5.69 Å². The minimum absolute atomic E-state index is 0.101. The third kappa shape index (κ3) is 6.64. The summed E-state index contributed by atoms with van der Waals surface area (Å²) >= 11 is 9.85. The zero-order valence-electron chi connectivity index (χ0n) is 27.6. The van der Waals surface area contributed by atoms with E-state index in [1.807, 2.05) is 60.7 Å². The molecule has 2 fully saturated rings. The Morgan fingerprint density at radius 2 is 1.65 bits per heavy atom. The van der Waals surface area contributed by atoms with Crippen LogP contribution in [-0.4, -0.2) is 77.2 Å². The van der Waals surface area contributed by atoms with E-state index in [1.54, 1.807) is 47.4 Å². The van der Waals surface area contributed by atoms with Gasteiger partial charge in [0.15, 0.2) is 0 Å². The number of rotatable bonds is 6. The largest absolute Gasteiger partial charge is 0.463 e. The van der Waals surface area contributed by atoms with Crippen LogP contribution < -0.4 is 10.2 Å². The van der Waals surface area contributed by atoms with Gasteiger partial charge in [-0.3, -0.25) is 19.2 Å². The summed E-state index contributed by atoms with van der Waals surface area (Å²) in [7, 11) is 0. The van der Waals surface area contributed by atoms with Gasteiger partial charge in [-0.05, 0) is 54.3 Å². The summed E-state index contributed by atoms with van der Waals surface area (Å²) < 4.78 is 12.9. The van der Waals surface area contributed by atoms with Crippen molar-refractivity contribution >= 4 is 56.9 Å². The van der Waals surface area contributed by atoms with E-state index < -0.39 is 72.0 Å². The molecule has 12 heteroatoms. The van der Waals surface area contributed by atoms with Crippen molar-refractivity contribution in [2.45, 2.75) is 49.1 Å². The molecule has 3 aromatic rings. The van der Waals surface area contributed by atoms with E-state index >= 15 is 4.79 Å². The normalized spacial score (nSPS) is 29.3. The second-order valence-corrected chi connectivity index (χ2v) is 14.5. The van der Waals surface area contributed by atoms with Crippen molar-refractivity contribution in [2.24, 2.45) is 11.8 Å². The van der Waals surface area contributed by atoms with E-state index in [4.69, 9.17) is 21.1 Å². The molecular weight excluding hydrogens is 738 g/mol. The average molecular weight is 775 g/mol. The number of hydrogen-bond acceptors (Lipinski definition) is 7. The zero-order valence-corrected chi connectivity index (χ0v) is 29.9. The molecule has 4 aliphatic heterocycles. The summed E-state index contributed by atoms with van der Waals surface area (Å²) in [5.74, 6) is -3.94. The van der Waals surface area contributed by atoms with Crippen LogP contribution in [0.1, 0.15) is 30.0 Å². The Bertz CT molecular complexity index is 1860. The minimum Gasteiger partial charge on any atom is -0.463 e. The number of aliphatic hydroxyl groups is 1. The molecule has 10 nitrogen and oxygen atoms in total. The molecule has 0 radical (unpaired) electrons. The maximum absolute atomic E-state index is 15.2. The van der Waals surface area contributed by atoms with Gasteiger partial charge >= 0.3 is 5.97 Å². The summed E-state index contributed by atoms with van der Waals surface area (Å²) in [6.07, 6.45) is 5.23. The van der Waals surface area contributed by atoms with Gasteiger partial charge in [-0.1, -0.05) is 100 Å². The first-order chi connectivity index (χ1) is 24.7. The maximum atomic E-state index is 15.2. The summed E-state index contributed by atoms with van der Waals surface area (Å²) in [6.45, 7) is -0.440. The fourth-order valence-electron chi connectivity index (χ4n) is 7.78. The van der Waals surface area contributed by atoms with Gasteiger partial charge in [0.05, 0.1) is 30.5 Å². The van der Waals surface area contributed by atoms with Crippen LogP contribution in [0, 0.1) is 11.8 Å². The molecule has 4 heterocycles. The summed E-state index contributed by atoms with van der Waals surface area (Å²) in [5, 5.41) is 14.4. The number of likely N-dealkylation sites (tertiary alicyclic amines) is 1. The Hall–Kier alpha value is -4.29. The number of amides is 3. The van der Waals surface area contributed by atoms with Gasteiger partial charge in [0.1, 0.15) is 24.4 Å². The zero-order chi connectivity index (χ0) is 35.7. The maximum Gasteiger partial charge on any atom is 0.306 e. The lowest BCUT2D eigenvalue weighted by molar-refractivity contribution is -0.146. The van der Waals surface area contributed by atoms with Crippen molar-refractivity contribution in [1.29, 1.82) is 0 Å². The highest BCUT2D eigenvalue weighted by Gasteiger charge is 2.75. The number of benzene rings is 3. The lowest BCUT2D eigenvalue weighted by Crippen LogP contribution is -2.59. The monoisotopic (exact) mass is 773 g/mol. The molecule has 3 aromatic carbocycles. The molecular formula is C39H37BrClN3O7. The number of aliphatic hydroxyl groups excluding tert-OH is 1. The topological polar surface area (TPSA) is 125 Å². The lowest BCUT2D eigenvalue weighted by atomic mass is 9.74. The third-order valence-corrected chi connectivity index (χ3v) is 11.1. The van der Waals surface area contributed by atoms with Gasteiger partial charge in [0, 0.05) is 28.2 Å². The Balaban J connectivity index is 1.36. The van der Waals surface area contributed by atoms with Gasteiger partial charge < -0.3 is 29.7 Å². The standard InChI is InChI=1S/C39H37BrClN3O7/c40-29-21-39-33-32(34(29)51-39)36(47)42-30(25-12-6-2-7-13-25)23-50-31(46)14-8-3-9-19-43(27-17-15-26(41)16-18-27)38(49)35(39)44(37(33)48)28(22-45)20-24-10-4-1-5-11-24/h1-7,9-13,15-18,21,28,30,32-35,45H,8,14,19-20,22-23H2,(H,42,47)/b9-3-/t28-,30+,32+,33-,34+,35+,39-/m1/s1. The van der Waals surface area contributed by atoms with Crippen molar-refractivity contribution in [3.05, 3.63) is 124 Å². The van der Waals surface area contributed by atoms with E-state index in [0.29, 0.717) is 21.6 Å². The van der Waals surface area contributed by atoms with Crippen LogP contribution in [0.15, 0.2) is 108 Å². The molecule has 5 bridgehead atoms. The molecule has 51 heavy (non-hydrogen) atoms. The van der Waals surface area contributed by atoms with Crippen LogP contribution in [0.5, 0.6) is 0 Å². The molecule has 4 aliphatic rings. The first-order valence-corrected chi connectivity index (χ1v) is 18.1. The fourth-order valence-corrected chi connectivity index (χ4v) is 8.64. The number of carbonyl (C=O) groups is 4. The first kappa shape index (κ1) is 35.1. The molecule has 2 N–H and O–H groups in total. The number of ether oxygens (including phenoxy) is 2. The number of nitrogens with zero attached hydrogens (tertiary/aromatic N) is 2. The number of hydrogen-bond donors (Lipinski definition) is 2. The number of cyclic esters (lactones) is 1. The Labute approximate surface area is 309 Å². The average Bonchev–Trinajstić information content (AvgIpc) is 3.74. The van der Waals surface area contributed by atoms with Crippen molar-refractivity contribution in [3.63, 3.8) is 0 Å². The molecule has 7 atom stereocenters. The number of fused-ring (bicyclic) bond motifs is 2. The second-order valence-electron chi connectivity index (χ2n) is 13.2. The van der Waals surface area contributed by atoms with Crippen molar-refractivity contribution in [3.8, 4) is 0 Å². The lowest BCUT2D eigenvalue weighted by Gasteiger charge is -2.38. The van der Waals surface area contributed by atoms with Crippen molar-refractivity contribution in [2.75, 3.05) is 24.7 Å². The molecule has 0 unspecified atom stereocenters. The van der Waals surface area contributed by atoms with E-state index in [9.17, 15) is 19.5 Å². The smallest absolute Gasteiger partial charge is 0.306 e. The molecule has 0 saturated carbocycles. The number of nitrogens with one attached hydrogen (secondary N) is 1. The fraction of sp³-hybridized carbons (Fsp3) is 0.333. The van der Waals surface area contributed by atoms with Gasteiger partial charge in [0.25, 0.3) is 5.91 Å². The van der Waals surface area contributed by atoms with Crippen LogP contribution in [-0.2, 0) is 35.1 Å². The van der Waals surface area contributed by atoms with Crippen LogP contribution in [0.25, 0.3) is 0 Å². The number of esters is 1. The predicted molar refractivity (Wildman–Crippen MR) is 194 cm³/mol. The van der Waals surface area contributed by atoms with Crippen LogP contribution >= 0.6 is 27.5 Å². The van der Waals surface area contributed by atoms with E-state index in [0.717, 1.165) is 11.1 Å². The second kappa shape index (κ2) is 14.7. The minimum atomic E-state index is -1.53. The van der Waals surface area contributed by atoms with Crippen LogP contribution in [0.2, 0.25) is 5.02 Å². The SMILES string of the molecule is O=C1CC/C=C\CN(c2ccc(Cl)cc2)C(=O)[C@@H]2N([C@@H](CO)Cc3ccccc3)C(=O)[C@H]3[C@H](C(=O)N[C@H](c4ccccc4)CO1)[C@H]1O[C@@]23C=C1Br. The Morgan fingerprint density at radius 3 is 2.35 bits per heavy atom. The van der Waals surface area contributed by atoms with Gasteiger partial charge in [-0.2, -0.15) is 0 Å². The molecule has 3 amide bonds. The molecule has 7 rings (SSSR count). The highest BCUT2D eigenvalue weighted by Crippen LogP contribution is 2.59. The van der Waals surface area contributed by atoms with Crippen LogP contribution in [0.3, 0.4) is 0 Å². The molecule has 2 saturated heterocycles. The number of allylic oxidation sites excluding steroid dienone is 1. The Kier molecular flexibility index (Phi) is 10.2. The van der Waals surface area contributed by atoms with Gasteiger partial charge in [-0.15, -0.1) is 0 Å². The Morgan fingerprint density at radius 1 is 0.941 bits per heavy atom. The number of carbonyl (C=O) groups excluding carboxylic acids is 4. The van der Waals surface area contributed by atoms with E-state index in [-0.39, 0.29) is 26.0 Å². The predicted octanol–water partition coefficient (Wildman–Crippen LogP) is 4.90.